The number of nitrogens with zero attached hydrogens (tertiary/aromatic N) is 2. The number of nitrogens with one attached hydrogen (secondary N) is 1. The number of carbonyl (C=O) groups excluding carboxylic acids is 1. The maximum atomic E-state index is 12.4. The minimum absolute atomic E-state index is 0.169. The van der Waals surface area contributed by atoms with Gasteiger partial charge in [-0.3, -0.25) is 4.79 Å². The highest BCUT2D eigenvalue weighted by Gasteiger charge is 2.20. The number of rotatable bonds is 2. The molecular formula is C15H14BrN3O. The summed E-state index contributed by atoms with van der Waals surface area (Å²) in [5, 5.41) is 2.90. The van der Waals surface area contributed by atoms with Crippen LogP contribution in [0.1, 0.15) is 34.6 Å². The first-order valence-electron chi connectivity index (χ1n) is 6.64. The van der Waals surface area contributed by atoms with Crippen molar-refractivity contribution in [2.75, 3.05) is 5.32 Å². The minimum atomic E-state index is -0.169. The third kappa shape index (κ3) is 2.58. The molecule has 0 atom stereocenters. The summed E-state index contributed by atoms with van der Waals surface area (Å²) >= 11 is 3.42. The van der Waals surface area contributed by atoms with Gasteiger partial charge in [-0.15, -0.1) is 0 Å². The van der Waals surface area contributed by atoms with Crippen molar-refractivity contribution >= 4 is 27.5 Å². The van der Waals surface area contributed by atoms with Gasteiger partial charge in [0.15, 0.2) is 0 Å². The third-order valence-corrected chi connectivity index (χ3v) is 4.15. The van der Waals surface area contributed by atoms with E-state index < -0.39 is 0 Å². The van der Waals surface area contributed by atoms with Crippen LogP contribution in [0.25, 0.3) is 0 Å². The van der Waals surface area contributed by atoms with E-state index in [0.717, 1.165) is 47.1 Å². The van der Waals surface area contributed by atoms with Crippen LogP contribution in [-0.2, 0) is 12.8 Å². The molecule has 2 aromatic rings. The summed E-state index contributed by atoms with van der Waals surface area (Å²) in [7, 11) is 0. The molecule has 1 aliphatic rings. The van der Waals surface area contributed by atoms with Crippen LogP contribution in [0.5, 0.6) is 0 Å². The number of amides is 1. The van der Waals surface area contributed by atoms with Gasteiger partial charge in [0.1, 0.15) is 12.0 Å². The van der Waals surface area contributed by atoms with Crippen LogP contribution in [0, 0.1) is 0 Å². The van der Waals surface area contributed by atoms with Gasteiger partial charge in [-0.05, 0) is 53.7 Å². The standard InChI is InChI=1S/C15H14BrN3O/c16-11-6-2-4-8-13(11)19-15(20)14-10-5-1-3-7-12(10)17-9-18-14/h2,4,6,8-9H,1,3,5,7H2,(H,19,20). The number of anilines is 1. The topological polar surface area (TPSA) is 54.9 Å². The molecule has 1 N–H and O–H groups in total. The lowest BCUT2D eigenvalue weighted by Crippen LogP contribution is -2.20. The van der Waals surface area contributed by atoms with Crippen LogP contribution in [0.3, 0.4) is 0 Å². The molecule has 20 heavy (non-hydrogen) atoms. The smallest absolute Gasteiger partial charge is 0.274 e. The fourth-order valence-electron chi connectivity index (χ4n) is 2.46. The lowest BCUT2D eigenvalue weighted by molar-refractivity contribution is 0.102. The quantitative estimate of drug-likeness (QED) is 0.917. The molecule has 1 aromatic carbocycles. The second-order valence-corrected chi connectivity index (χ2v) is 5.64. The Hall–Kier alpha value is -1.75. The van der Waals surface area contributed by atoms with E-state index in [4.69, 9.17) is 0 Å². The summed E-state index contributed by atoms with van der Waals surface area (Å²) in [6.45, 7) is 0. The predicted octanol–water partition coefficient (Wildman–Crippen LogP) is 3.37. The number of halogens is 1. The van der Waals surface area contributed by atoms with Crippen molar-refractivity contribution in [3.05, 3.63) is 52.0 Å². The van der Waals surface area contributed by atoms with Crippen molar-refractivity contribution in [1.82, 2.24) is 9.97 Å². The van der Waals surface area contributed by atoms with Crippen LogP contribution < -0.4 is 5.32 Å². The molecule has 0 unspecified atom stereocenters. The molecule has 1 heterocycles. The van der Waals surface area contributed by atoms with E-state index in [-0.39, 0.29) is 5.91 Å². The molecule has 4 nitrogen and oxygen atoms in total. The first-order chi connectivity index (χ1) is 9.75. The average molecular weight is 332 g/mol. The Balaban J connectivity index is 1.90. The first kappa shape index (κ1) is 13.2. The normalized spacial score (nSPS) is 13.7. The molecule has 1 aromatic heterocycles. The van der Waals surface area contributed by atoms with E-state index >= 15 is 0 Å². The van der Waals surface area contributed by atoms with Gasteiger partial charge in [-0.1, -0.05) is 12.1 Å². The van der Waals surface area contributed by atoms with Gasteiger partial charge in [-0.25, -0.2) is 9.97 Å². The van der Waals surface area contributed by atoms with E-state index in [9.17, 15) is 4.79 Å². The number of para-hydroxylation sites is 1. The Morgan fingerprint density at radius 2 is 1.95 bits per heavy atom. The molecule has 5 heteroatoms. The van der Waals surface area contributed by atoms with Crippen LogP contribution in [0.4, 0.5) is 5.69 Å². The Morgan fingerprint density at radius 3 is 2.80 bits per heavy atom. The van der Waals surface area contributed by atoms with Crippen LogP contribution in [-0.4, -0.2) is 15.9 Å². The zero-order chi connectivity index (χ0) is 13.9. The van der Waals surface area contributed by atoms with E-state index in [1.807, 2.05) is 24.3 Å². The Kier molecular flexibility index (Phi) is 3.78. The summed E-state index contributed by atoms with van der Waals surface area (Å²) < 4.78 is 0.858. The van der Waals surface area contributed by atoms with E-state index in [2.05, 4.69) is 31.2 Å². The molecule has 0 radical (unpaired) electrons. The van der Waals surface area contributed by atoms with Crippen molar-refractivity contribution in [3.8, 4) is 0 Å². The summed E-state index contributed by atoms with van der Waals surface area (Å²) in [6.07, 6.45) is 5.53. The molecule has 0 saturated heterocycles. The summed E-state index contributed by atoms with van der Waals surface area (Å²) in [5.74, 6) is -0.169. The summed E-state index contributed by atoms with van der Waals surface area (Å²) in [4.78, 5) is 20.9. The van der Waals surface area contributed by atoms with Gasteiger partial charge in [0.2, 0.25) is 0 Å². The molecule has 3 rings (SSSR count). The second-order valence-electron chi connectivity index (χ2n) is 4.79. The molecule has 1 amide bonds. The molecule has 0 spiro atoms. The van der Waals surface area contributed by atoms with Gasteiger partial charge in [0.05, 0.1) is 5.69 Å². The molecule has 0 fully saturated rings. The molecular weight excluding hydrogens is 318 g/mol. The maximum absolute atomic E-state index is 12.4. The van der Waals surface area contributed by atoms with Crippen LogP contribution in [0.2, 0.25) is 0 Å². The highest BCUT2D eigenvalue weighted by atomic mass is 79.9. The Morgan fingerprint density at radius 1 is 1.15 bits per heavy atom. The van der Waals surface area contributed by atoms with Gasteiger partial charge in [0, 0.05) is 15.7 Å². The predicted molar refractivity (Wildman–Crippen MR) is 80.8 cm³/mol. The highest BCUT2D eigenvalue weighted by Crippen LogP contribution is 2.24. The minimum Gasteiger partial charge on any atom is -0.320 e. The number of benzene rings is 1. The highest BCUT2D eigenvalue weighted by molar-refractivity contribution is 9.10. The Bertz CT molecular complexity index is 657. The zero-order valence-electron chi connectivity index (χ0n) is 10.9. The summed E-state index contributed by atoms with van der Waals surface area (Å²) in [6, 6.07) is 7.54. The monoisotopic (exact) mass is 331 g/mol. The second kappa shape index (κ2) is 5.71. The van der Waals surface area contributed by atoms with Gasteiger partial charge < -0.3 is 5.32 Å². The fourth-order valence-corrected chi connectivity index (χ4v) is 2.84. The van der Waals surface area contributed by atoms with Gasteiger partial charge in [0.25, 0.3) is 5.91 Å². The number of carbonyl (C=O) groups is 1. The molecule has 0 saturated carbocycles. The molecule has 0 aliphatic heterocycles. The largest absolute Gasteiger partial charge is 0.320 e. The summed E-state index contributed by atoms with van der Waals surface area (Å²) in [5.41, 5.74) is 3.28. The number of aryl methyl sites for hydroxylation is 1. The van der Waals surface area contributed by atoms with Crippen molar-refractivity contribution in [2.45, 2.75) is 25.7 Å². The van der Waals surface area contributed by atoms with Crippen LogP contribution in [0.15, 0.2) is 35.1 Å². The average Bonchev–Trinajstić information content (AvgIpc) is 2.49. The van der Waals surface area contributed by atoms with Gasteiger partial charge in [-0.2, -0.15) is 0 Å². The van der Waals surface area contributed by atoms with Crippen molar-refractivity contribution < 1.29 is 4.79 Å². The lowest BCUT2D eigenvalue weighted by Gasteiger charge is -2.17. The number of hydrogen-bond donors (Lipinski definition) is 1. The maximum Gasteiger partial charge on any atom is 0.274 e. The molecule has 1 aliphatic carbocycles. The van der Waals surface area contributed by atoms with Crippen molar-refractivity contribution in [1.29, 1.82) is 0 Å². The van der Waals surface area contributed by atoms with E-state index in [1.54, 1.807) is 0 Å². The van der Waals surface area contributed by atoms with Crippen LogP contribution >= 0.6 is 15.9 Å². The van der Waals surface area contributed by atoms with Crippen molar-refractivity contribution in [3.63, 3.8) is 0 Å². The first-order valence-corrected chi connectivity index (χ1v) is 7.43. The van der Waals surface area contributed by atoms with E-state index in [0.29, 0.717) is 5.69 Å². The third-order valence-electron chi connectivity index (χ3n) is 3.46. The fraction of sp³-hybridized carbons (Fsp3) is 0.267. The molecule has 0 bridgehead atoms. The number of aromatic nitrogens is 2. The van der Waals surface area contributed by atoms with E-state index in [1.165, 1.54) is 6.33 Å². The SMILES string of the molecule is O=C(Nc1ccccc1Br)c1ncnc2c1CCCC2. The van der Waals surface area contributed by atoms with Gasteiger partial charge >= 0.3 is 0 Å². The Labute approximate surface area is 125 Å². The molecule has 102 valence electrons. The number of hydrogen-bond acceptors (Lipinski definition) is 3. The lowest BCUT2D eigenvalue weighted by atomic mass is 9.94. The zero-order valence-corrected chi connectivity index (χ0v) is 12.5. The van der Waals surface area contributed by atoms with Crippen molar-refractivity contribution in [2.24, 2.45) is 0 Å². The number of fused-ring (bicyclic) bond motifs is 1.